The van der Waals surface area contributed by atoms with Gasteiger partial charge in [-0.25, -0.2) is 0 Å². The van der Waals surface area contributed by atoms with Gasteiger partial charge in [0, 0.05) is 5.56 Å². The molecule has 0 N–H and O–H groups in total. The van der Waals surface area contributed by atoms with Gasteiger partial charge in [-0.2, -0.15) is 26.3 Å². The van der Waals surface area contributed by atoms with E-state index in [1.165, 1.54) is 6.07 Å². The van der Waals surface area contributed by atoms with Crippen molar-refractivity contribution < 1.29 is 30.8 Å². The molecule has 0 fully saturated rings. The van der Waals surface area contributed by atoms with E-state index in [-0.39, 0.29) is 0 Å². The molecule has 101 valence electrons. The van der Waals surface area contributed by atoms with Crippen molar-refractivity contribution in [3.05, 3.63) is 47.7 Å². The summed E-state index contributed by atoms with van der Waals surface area (Å²) in [6, 6.07) is 5.05. The highest BCUT2D eigenvalue weighted by Crippen LogP contribution is 2.44. The Morgan fingerprint density at radius 2 is 1.42 bits per heavy atom. The maximum Gasteiger partial charge on any atom is 0.417 e. The van der Waals surface area contributed by atoms with Gasteiger partial charge in [0.1, 0.15) is 5.76 Å². The van der Waals surface area contributed by atoms with Gasteiger partial charge in [0.15, 0.2) is 0 Å². The topological polar surface area (TPSA) is 13.1 Å². The molecule has 0 saturated carbocycles. The summed E-state index contributed by atoms with van der Waals surface area (Å²) in [4.78, 5) is 0. The zero-order chi connectivity index (χ0) is 14.3. The maximum atomic E-state index is 12.8. The second-order valence-corrected chi connectivity index (χ2v) is 3.63. The summed E-state index contributed by atoms with van der Waals surface area (Å²) in [5.74, 6) is -0.492. The average molecular weight is 279 g/mol. The van der Waals surface area contributed by atoms with Crippen LogP contribution in [0.15, 0.2) is 34.9 Å². The Balaban J connectivity index is 2.78. The van der Waals surface area contributed by atoms with Gasteiger partial charge in [-0.05, 0) is 30.3 Å². The first-order chi connectivity index (χ1) is 8.71. The molecule has 0 aliphatic heterocycles. The largest absolute Gasteiger partial charge is 0.464 e. The highest BCUT2D eigenvalue weighted by Gasteiger charge is 2.41. The molecule has 2 aromatic rings. The normalized spacial score (nSPS) is 12.7. The first kappa shape index (κ1) is 13.5. The fraction of sp³-hybridized carbons (Fsp3) is 0.167. The van der Waals surface area contributed by atoms with Gasteiger partial charge < -0.3 is 4.42 Å². The number of alkyl halides is 6. The molecular weight excluding hydrogens is 274 g/mol. The lowest BCUT2D eigenvalue weighted by Crippen LogP contribution is -2.13. The molecule has 1 aromatic carbocycles. The van der Waals surface area contributed by atoms with Crippen molar-refractivity contribution in [1.82, 2.24) is 0 Å². The molecular formula is C12H5F6O. The molecule has 0 bridgehead atoms. The van der Waals surface area contributed by atoms with Crippen LogP contribution in [0, 0.1) is 6.07 Å². The molecule has 0 atom stereocenters. The highest BCUT2D eigenvalue weighted by atomic mass is 19.4. The molecule has 0 unspecified atom stereocenters. The zero-order valence-electron chi connectivity index (χ0n) is 9.06. The van der Waals surface area contributed by atoms with Gasteiger partial charge in [0.05, 0.1) is 17.4 Å². The number of furan rings is 1. The van der Waals surface area contributed by atoms with E-state index in [4.69, 9.17) is 0 Å². The van der Waals surface area contributed by atoms with Crippen LogP contribution in [0.2, 0.25) is 0 Å². The van der Waals surface area contributed by atoms with Crippen molar-refractivity contribution in [3.8, 4) is 11.3 Å². The van der Waals surface area contributed by atoms with Crippen LogP contribution >= 0.6 is 0 Å². The molecule has 19 heavy (non-hydrogen) atoms. The van der Waals surface area contributed by atoms with E-state index >= 15 is 0 Å². The Morgan fingerprint density at radius 1 is 0.895 bits per heavy atom. The molecule has 0 spiro atoms. The Morgan fingerprint density at radius 3 is 1.79 bits per heavy atom. The Bertz CT molecular complexity index is 533. The van der Waals surface area contributed by atoms with Crippen LogP contribution in [-0.2, 0) is 12.4 Å². The van der Waals surface area contributed by atoms with Crippen LogP contribution in [0.4, 0.5) is 26.3 Å². The monoisotopic (exact) mass is 279 g/mol. The fourth-order valence-corrected chi connectivity index (χ4v) is 1.63. The fourth-order valence-electron chi connectivity index (χ4n) is 1.63. The molecule has 2 rings (SSSR count). The number of benzene rings is 1. The lowest BCUT2D eigenvalue weighted by Gasteiger charge is -2.16. The third kappa shape index (κ3) is 2.59. The minimum Gasteiger partial charge on any atom is -0.464 e. The van der Waals surface area contributed by atoms with E-state index in [1.807, 2.05) is 6.07 Å². The third-order valence-electron chi connectivity index (χ3n) is 2.37. The van der Waals surface area contributed by atoms with E-state index in [1.54, 1.807) is 0 Å². The lowest BCUT2D eigenvalue weighted by atomic mass is 9.98. The van der Waals surface area contributed by atoms with Crippen LogP contribution in [0.1, 0.15) is 11.1 Å². The predicted molar refractivity (Wildman–Crippen MR) is 53.0 cm³/mol. The highest BCUT2D eigenvalue weighted by molar-refractivity contribution is 5.68. The quantitative estimate of drug-likeness (QED) is 0.684. The summed E-state index contributed by atoms with van der Waals surface area (Å²) in [7, 11) is 0. The van der Waals surface area contributed by atoms with E-state index in [9.17, 15) is 26.3 Å². The smallest absolute Gasteiger partial charge is 0.417 e. The summed E-state index contributed by atoms with van der Waals surface area (Å²) < 4.78 is 81.4. The average Bonchev–Trinajstić information content (AvgIpc) is 2.78. The van der Waals surface area contributed by atoms with Crippen LogP contribution in [0.3, 0.4) is 0 Å². The summed E-state index contributed by atoms with van der Waals surface area (Å²) in [6.07, 6.45) is -8.86. The van der Waals surface area contributed by atoms with Gasteiger partial charge in [0.25, 0.3) is 0 Å². The number of halogens is 6. The molecule has 0 saturated heterocycles. The molecule has 0 aliphatic rings. The van der Waals surface area contributed by atoms with Crippen molar-refractivity contribution in [1.29, 1.82) is 0 Å². The van der Waals surface area contributed by atoms with E-state index in [2.05, 4.69) is 4.42 Å². The van der Waals surface area contributed by atoms with E-state index in [0.717, 1.165) is 12.3 Å². The molecule has 0 aliphatic carbocycles. The molecule has 1 nitrogen and oxygen atoms in total. The first-order valence-electron chi connectivity index (χ1n) is 4.93. The van der Waals surface area contributed by atoms with Gasteiger partial charge in [0.2, 0.25) is 0 Å². The van der Waals surface area contributed by atoms with Gasteiger partial charge in [-0.15, -0.1) is 0 Å². The minimum absolute atomic E-state index is 0.465. The third-order valence-corrected chi connectivity index (χ3v) is 2.37. The van der Waals surface area contributed by atoms with Gasteiger partial charge in [-0.1, -0.05) is 0 Å². The number of hydrogen-bond donors (Lipinski definition) is 0. The van der Waals surface area contributed by atoms with Crippen LogP contribution in [-0.4, -0.2) is 0 Å². The van der Waals surface area contributed by atoms with Crippen LogP contribution < -0.4 is 0 Å². The predicted octanol–water partition coefficient (Wildman–Crippen LogP) is 4.78. The molecule has 7 heteroatoms. The SMILES string of the molecule is FC(F)(F)c1c[c]cc(C(F)(F)F)c1-c1ccco1. The standard InChI is InChI=1S/C12H5F6O/c13-11(14,15)7-3-1-4-8(12(16,17)18)10(7)9-5-2-6-19-9/h2-6H. The van der Waals surface area contributed by atoms with Crippen molar-refractivity contribution in [2.45, 2.75) is 12.4 Å². The number of hydrogen-bond acceptors (Lipinski definition) is 1. The number of rotatable bonds is 1. The summed E-state index contributed by atoms with van der Waals surface area (Å²) in [6.45, 7) is 0. The summed E-state index contributed by atoms with van der Waals surface area (Å²) in [5, 5.41) is 0. The lowest BCUT2D eigenvalue weighted by molar-refractivity contribution is -0.142. The molecule has 0 amide bonds. The Kier molecular flexibility index (Phi) is 3.07. The van der Waals surface area contributed by atoms with Crippen LogP contribution in [0.5, 0.6) is 0 Å². The summed E-state index contributed by atoms with van der Waals surface area (Å²) in [5.41, 5.74) is -3.89. The molecule has 1 aromatic heterocycles. The van der Waals surface area contributed by atoms with Crippen molar-refractivity contribution in [3.63, 3.8) is 0 Å². The molecule has 1 radical (unpaired) electrons. The molecule has 1 heterocycles. The van der Waals surface area contributed by atoms with E-state index in [0.29, 0.717) is 12.1 Å². The minimum atomic E-state index is -4.93. The second-order valence-electron chi connectivity index (χ2n) is 3.63. The van der Waals surface area contributed by atoms with Crippen molar-refractivity contribution >= 4 is 0 Å². The van der Waals surface area contributed by atoms with Gasteiger partial charge >= 0.3 is 12.4 Å². The van der Waals surface area contributed by atoms with Crippen molar-refractivity contribution in [2.24, 2.45) is 0 Å². The second kappa shape index (κ2) is 4.32. The van der Waals surface area contributed by atoms with Crippen LogP contribution in [0.25, 0.3) is 11.3 Å². The maximum absolute atomic E-state index is 12.8. The Labute approximate surface area is 103 Å². The Hall–Kier alpha value is -1.92. The zero-order valence-corrected chi connectivity index (χ0v) is 9.06. The first-order valence-corrected chi connectivity index (χ1v) is 4.93. The van der Waals surface area contributed by atoms with E-state index < -0.39 is 34.8 Å². The van der Waals surface area contributed by atoms with Crippen molar-refractivity contribution in [2.75, 3.05) is 0 Å². The summed E-state index contributed by atoms with van der Waals surface area (Å²) >= 11 is 0. The van der Waals surface area contributed by atoms with Gasteiger partial charge in [-0.3, -0.25) is 0 Å².